The number of H-pyrrole nitrogens is 1. The molecule has 0 bridgehead atoms. The van der Waals surface area contributed by atoms with Crippen molar-refractivity contribution < 1.29 is 9.90 Å². The second kappa shape index (κ2) is 7.05. The van der Waals surface area contributed by atoms with Crippen molar-refractivity contribution in [3.05, 3.63) is 47.4 Å². The SMILES string of the molecule is CCc1cccc2[nH]c(C(=O)N3C[C@H](n4cc(CO)nn4)CCC3(C)C)cc12. The first-order valence-electron chi connectivity index (χ1n) is 9.87. The van der Waals surface area contributed by atoms with Gasteiger partial charge in [-0.25, -0.2) is 4.68 Å². The summed E-state index contributed by atoms with van der Waals surface area (Å²) in [4.78, 5) is 18.7. The number of carbonyl (C=O) groups is 1. The minimum Gasteiger partial charge on any atom is -0.390 e. The van der Waals surface area contributed by atoms with Gasteiger partial charge < -0.3 is 15.0 Å². The molecule has 7 nitrogen and oxygen atoms in total. The second-order valence-corrected chi connectivity index (χ2v) is 8.18. The highest BCUT2D eigenvalue weighted by molar-refractivity contribution is 5.99. The fourth-order valence-electron chi connectivity index (χ4n) is 4.13. The maximum atomic E-state index is 13.4. The molecule has 28 heavy (non-hydrogen) atoms. The summed E-state index contributed by atoms with van der Waals surface area (Å²) >= 11 is 0. The zero-order valence-electron chi connectivity index (χ0n) is 16.6. The van der Waals surface area contributed by atoms with E-state index in [1.54, 1.807) is 10.9 Å². The van der Waals surface area contributed by atoms with Crippen LogP contribution < -0.4 is 0 Å². The summed E-state index contributed by atoms with van der Waals surface area (Å²) in [6, 6.07) is 8.18. The molecule has 0 aliphatic carbocycles. The summed E-state index contributed by atoms with van der Waals surface area (Å²) in [5, 5.41) is 18.5. The van der Waals surface area contributed by atoms with Gasteiger partial charge in [-0.1, -0.05) is 24.3 Å². The Morgan fingerprint density at radius 3 is 2.93 bits per heavy atom. The molecule has 0 saturated carbocycles. The zero-order valence-corrected chi connectivity index (χ0v) is 16.6. The highest BCUT2D eigenvalue weighted by Crippen LogP contribution is 2.34. The van der Waals surface area contributed by atoms with Crippen LogP contribution in [0.25, 0.3) is 10.9 Å². The minimum absolute atomic E-state index is 0.00968. The molecule has 0 unspecified atom stereocenters. The predicted octanol–water partition coefficient (Wildman–Crippen LogP) is 3.07. The fourth-order valence-corrected chi connectivity index (χ4v) is 4.13. The Labute approximate surface area is 164 Å². The number of fused-ring (bicyclic) bond motifs is 1. The number of hydrogen-bond donors (Lipinski definition) is 2. The van der Waals surface area contributed by atoms with Gasteiger partial charge in [-0.3, -0.25) is 4.79 Å². The van der Waals surface area contributed by atoms with Crippen LogP contribution in [0.4, 0.5) is 0 Å². The van der Waals surface area contributed by atoms with E-state index in [-0.39, 0.29) is 24.1 Å². The van der Waals surface area contributed by atoms with Crippen molar-refractivity contribution in [2.24, 2.45) is 0 Å². The van der Waals surface area contributed by atoms with Crippen LogP contribution in [-0.2, 0) is 13.0 Å². The van der Waals surface area contributed by atoms with E-state index in [4.69, 9.17) is 0 Å². The number of amides is 1. The van der Waals surface area contributed by atoms with Gasteiger partial charge >= 0.3 is 0 Å². The van der Waals surface area contributed by atoms with Gasteiger partial charge in [0.25, 0.3) is 5.91 Å². The number of likely N-dealkylation sites (tertiary alicyclic amines) is 1. The average molecular weight is 381 g/mol. The van der Waals surface area contributed by atoms with Crippen molar-refractivity contribution >= 4 is 16.8 Å². The van der Waals surface area contributed by atoms with Gasteiger partial charge in [-0.2, -0.15) is 0 Å². The lowest BCUT2D eigenvalue weighted by atomic mass is 9.87. The Morgan fingerprint density at radius 1 is 1.39 bits per heavy atom. The van der Waals surface area contributed by atoms with E-state index in [1.807, 2.05) is 23.1 Å². The molecule has 2 N–H and O–H groups in total. The summed E-state index contributed by atoms with van der Waals surface area (Å²) in [5.74, 6) is 0.00968. The highest BCUT2D eigenvalue weighted by atomic mass is 16.3. The predicted molar refractivity (Wildman–Crippen MR) is 107 cm³/mol. The normalized spacial score (nSPS) is 19.3. The third kappa shape index (κ3) is 3.20. The fraction of sp³-hybridized carbons (Fsp3) is 0.476. The lowest BCUT2D eigenvalue weighted by Crippen LogP contribution is -2.53. The second-order valence-electron chi connectivity index (χ2n) is 8.18. The molecule has 1 atom stereocenters. The van der Waals surface area contributed by atoms with E-state index >= 15 is 0 Å². The third-order valence-corrected chi connectivity index (χ3v) is 5.92. The summed E-state index contributed by atoms with van der Waals surface area (Å²) < 4.78 is 1.78. The number of aliphatic hydroxyl groups is 1. The Bertz CT molecular complexity index is 1000. The molecule has 1 fully saturated rings. The number of aryl methyl sites for hydroxylation is 1. The Hall–Kier alpha value is -2.67. The Balaban J connectivity index is 1.64. The third-order valence-electron chi connectivity index (χ3n) is 5.92. The molecule has 1 aromatic carbocycles. The van der Waals surface area contributed by atoms with Crippen molar-refractivity contribution in [3.63, 3.8) is 0 Å². The first kappa shape index (κ1) is 18.7. The quantitative estimate of drug-likeness (QED) is 0.727. The van der Waals surface area contributed by atoms with Crippen LogP contribution in [0.1, 0.15) is 61.4 Å². The van der Waals surface area contributed by atoms with Gasteiger partial charge in [0.15, 0.2) is 0 Å². The van der Waals surface area contributed by atoms with Crippen molar-refractivity contribution in [3.8, 4) is 0 Å². The smallest absolute Gasteiger partial charge is 0.270 e. The molecular formula is C21H27N5O2. The van der Waals surface area contributed by atoms with Crippen molar-refractivity contribution in [2.75, 3.05) is 6.54 Å². The van der Waals surface area contributed by atoms with Crippen LogP contribution in [0.15, 0.2) is 30.5 Å². The first-order valence-corrected chi connectivity index (χ1v) is 9.87. The van der Waals surface area contributed by atoms with Crippen molar-refractivity contribution in [1.82, 2.24) is 24.9 Å². The van der Waals surface area contributed by atoms with Crippen LogP contribution in [0.3, 0.4) is 0 Å². The molecule has 4 rings (SSSR count). The maximum Gasteiger partial charge on any atom is 0.270 e. The molecule has 3 heterocycles. The number of nitrogens with zero attached hydrogens (tertiary/aromatic N) is 4. The number of aromatic amines is 1. The van der Waals surface area contributed by atoms with E-state index in [0.717, 1.165) is 30.2 Å². The van der Waals surface area contributed by atoms with E-state index in [1.165, 1.54) is 5.56 Å². The van der Waals surface area contributed by atoms with Crippen LogP contribution in [0.2, 0.25) is 0 Å². The monoisotopic (exact) mass is 381 g/mol. The number of carbonyl (C=O) groups excluding carboxylic acids is 1. The Morgan fingerprint density at radius 2 is 2.21 bits per heavy atom. The van der Waals surface area contributed by atoms with Crippen LogP contribution >= 0.6 is 0 Å². The molecule has 0 radical (unpaired) electrons. The molecule has 1 saturated heterocycles. The number of aromatic nitrogens is 4. The van der Waals surface area contributed by atoms with Gasteiger partial charge in [0.2, 0.25) is 0 Å². The number of nitrogens with one attached hydrogen (secondary N) is 1. The number of piperidine rings is 1. The number of rotatable bonds is 4. The summed E-state index contributed by atoms with van der Waals surface area (Å²) in [6.07, 6.45) is 4.48. The lowest BCUT2D eigenvalue weighted by Gasteiger charge is -2.45. The molecule has 0 spiro atoms. The summed E-state index contributed by atoms with van der Waals surface area (Å²) in [6.45, 7) is 6.79. The van der Waals surface area contributed by atoms with E-state index < -0.39 is 0 Å². The van der Waals surface area contributed by atoms with Gasteiger partial charge in [0.05, 0.1) is 18.8 Å². The minimum atomic E-state index is -0.237. The topological polar surface area (TPSA) is 87.0 Å². The summed E-state index contributed by atoms with van der Waals surface area (Å²) in [5.41, 5.74) is 3.17. The molecule has 3 aromatic rings. The molecular weight excluding hydrogens is 354 g/mol. The summed E-state index contributed by atoms with van der Waals surface area (Å²) in [7, 11) is 0. The van der Waals surface area contributed by atoms with Gasteiger partial charge in [0.1, 0.15) is 11.4 Å². The van der Waals surface area contributed by atoms with E-state index in [2.05, 4.69) is 42.1 Å². The molecule has 2 aromatic heterocycles. The molecule has 1 aliphatic heterocycles. The van der Waals surface area contributed by atoms with Crippen LogP contribution in [0.5, 0.6) is 0 Å². The van der Waals surface area contributed by atoms with Crippen LogP contribution in [0, 0.1) is 0 Å². The van der Waals surface area contributed by atoms with E-state index in [0.29, 0.717) is 17.9 Å². The average Bonchev–Trinajstić information content (AvgIpc) is 3.34. The zero-order chi connectivity index (χ0) is 19.9. The van der Waals surface area contributed by atoms with Gasteiger partial charge in [-0.15, -0.1) is 5.10 Å². The van der Waals surface area contributed by atoms with Crippen LogP contribution in [-0.4, -0.2) is 48.0 Å². The van der Waals surface area contributed by atoms with Gasteiger partial charge in [0, 0.05) is 23.0 Å². The number of aliphatic hydroxyl groups excluding tert-OH is 1. The number of benzene rings is 1. The van der Waals surface area contributed by atoms with Crippen molar-refractivity contribution in [2.45, 2.75) is 58.2 Å². The highest BCUT2D eigenvalue weighted by Gasteiger charge is 2.39. The molecule has 1 aliphatic rings. The van der Waals surface area contributed by atoms with E-state index in [9.17, 15) is 9.90 Å². The molecule has 148 valence electrons. The van der Waals surface area contributed by atoms with Gasteiger partial charge in [-0.05, 0) is 50.8 Å². The Kier molecular flexibility index (Phi) is 4.71. The molecule has 7 heteroatoms. The number of hydrogen-bond acceptors (Lipinski definition) is 4. The largest absolute Gasteiger partial charge is 0.390 e. The lowest BCUT2D eigenvalue weighted by molar-refractivity contribution is 0.0304. The standard InChI is InChI=1S/C21H27N5O2/c1-4-14-6-5-7-18-17(14)10-19(22-18)20(28)25-12-16(8-9-21(25,2)3)26-11-15(13-27)23-24-26/h5-7,10-11,16,22,27H,4,8-9,12-13H2,1-3H3/t16-/m1/s1. The first-order chi connectivity index (χ1) is 13.4. The molecule has 1 amide bonds. The maximum absolute atomic E-state index is 13.4. The van der Waals surface area contributed by atoms with Crippen molar-refractivity contribution in [1.29, 1.82) is 0 Å².